The average Bonchev–Trinajstić information content (AvgIpc) is 2.98. The second-order valence-corrected chi connectivity index (χ2v) is 13.7. The molecule has 0 aromatic heterocycles. The first-order valence-electron chi connectivity index (χ1n) is 13.9. The van der Waals surface area contributed by atoms with Crippen LogP contribution in [0.3, 0.4) is 0 Å². The first-order chi connectivity index (χ1) is 20.9. The summed E-state index contributed by atoms with van der Waals surface area (Å²) in [7, 11) is -8.29. The van der Waals surface area contributed by atoms with Crippen molar-refractivity contribution in [2.75, 3.05) is 13.1 Å². The van der Waals surface area contributed by atoms with E-state index in [1.165, 1.54) is 24.3 Å². The van der Waals surface area contributed by atoms with E-state index in [4.69, 9.17) is 18.5 Å². The van der Waals surface area contributed by atoms with E-state index in [1.54, 1.807) is 64.1 Å². The van der Waals surface area contributed by atoms with Crippen molar-refractivity contribution in [1.82, 2.24) is 15.4 Å². The first kappa shape index (κ1) is 34.7. The molecule has 0 fully saturated rings. The van der Waals surface area contributed by atoms with E-state index >= 15 is 0 Å². The van der Waals surface area contributed by atoms with Gasteiger partial charge in [-0.2, -0.15) is 0 Å². The smallest absolute Gasteiger partial charge is 0.418 e. The molecule has 44 heavy (non-hydrogen) atoms. The number of alkyl carbamates (subject to hydrolysis) is 1. The molecule has 0 spiro atoms. The highest BCUT2D eigenvalue weighted by Crippen LogP contribution is 2.51. The SMILES string of the molecule is CC(C)OP(=O)(OC(C)C)C(=O)NC[C@H](CNS(=O)(=O)c1ccc(Oc2ccccc2)cc1)NC(=O)OCc1ccccc1. The van der Waals surface area contributed by atoms with Crippen LogP contribution >= 0.6 is 7.60 Å². The molecule has 0 saturated carbocycles. The van der Waals surface area contributed by atoms with Crippen LogP contribution in [0, 0.1) is 0 Å². The van der Waals surface area contributed by atoms with E-state index in [2.05, 4.69) is 15.4 Å². The maximum atomic E-state index is 13.2. The molecule has 0 aliphatic heterocycles. The van der Waals surface area contributed by atoms with E-state index in [0.717, 1.165) is 5.56 Å². The van der Waals surface area contributed by atoms with Crippen molar-refractivity contribution in [1.29, 1.82) is 0 Å². The summed E-state index contributed by atoms with van der Waals surface area (Å²) in [4.78, 5) is 25.5. The number of carbonyl (C=O) groups excluding carboxylic acids is 2. The highest BCUT2D eigenvalue weighted by atomic mass is 32.2. The minimum atomic E-state index is -4.24. The van der Waals surface area contributed by atoms with Crippen LogP contribution in [0.15, 0.2) is 89.8 Å². The lowest BCUT2D eigenvalue weighted by atomic mass is 10.2. The van der Waals surface area contributed by atoms with Crippen LogP contribution in [0.1, 0.15) is 33.3 Å². The van der Waals surface area contributed by atoms with Crippen molar-refractivity contribution in [3.8, 4) is 11.5 Å². The van der Waals surface area contributed by atoms with Gasteiger partial charge in [0.2, 0.25) is 10.0 Å². The number of hydrogen-bond donors (Lipinski definition) is 3. The second-order valence-electron chi connectivity index (χ2n) is 10.1. The Balaban J connectivity index is 1.69. The fourth-order valence-corrected chi connectivity index (χ4v) is 6.41. The third-order valence-electron chi connectivity index (χ3n) is 5.62. The quantitative estimate of drug-likeness (QED) is 0.163. The van der Waals surface area contributed by atoms with Crippen LogP contribution in [0.2, 0.25) is 0 Å². The molecule has 0 radical (unpaired) electrons. The zero-order valence-electron chi connectivity index (χ0n) is 25.0. The molecule has 3 aromatic rings. The van der Waals surface area contributed by atoms with Gasteiger partial charge in [0.1, 0.15) is 18.1 Å². The Labute approximate surface area is 258 Å². The fourth-order valence-electron chi connectivity index (χ4n) is 3.69. The summed E-state index contributed by atoms with van der Waals surface area (Å²) in [5, 5.41) is 4.99. The van der Waals surface area contributed by atoms with Crippen molar-refractivity contribution < 1.29 is 41.1 Å². The monoisotopic (exact) mass is 647 g/mol. The molecular weight excluding hydrogens is 609 g/mol. The minimum Gasteiger partial charge on any atom is -0.457 e. The van der Waals surface area contributed by atoms with Crippen LogP contribution in [0.4, 0.5) is 9.59 Å². The first-order valence-corrected chi connectivity index (χ1v) is 16.9. The molecule has 3 rings (SSSR count). The van der Waals surface area contributed by atoms with Gasteiger partial charge in [0.25, 0.3) is 0 Å². The van der Waals surface area contributed by atoms with E-state index in [0.29, 0.717) is 11.5 Å². The molecule has 238 valence electrons. The lowest BCUT2D eigenvalue weighted by Gasteiger charge is -2.24. The third-order valence-corrected chi connectivity index (χ3v) is 9.11. The Kier molecular flexibility index (Phi) is 12.9. The zero-order valence-corrected chi connectivity index (χ0v) is 26.7. The molecule has 1 atom stereocenters. The average molecular weight is 648 g/mol. The van der Waals surface area contributed by atoms with Gasteiger partial charge in [-0.1, -0.05) is 48.5 Å². The molecule has 2 amide bonds. The highest BCUT2D eigenvalue weighted by Gasteiger charge is 2.37. The van der Waals surface area contributed by atoms with Crippen LogP contribution in [0.5, 0.6) is 11.5 Å². The zero-order chi connectivity index (χ0) is 32.2. The van der Waals surface area contributed by atoms with Crippen molar-refractivity contribution in [2.24, 2.45) is 0 Å². The number of sulfonamides is 1. The number of carbonyl (C=O) groups is 2. The molecule has 0 aliphatic rings. The van der Waals surface area contributed by atoms with E-state index in [-0.39, 0.29) is 24.6 Å². The van der Waals surface area contributed by atoms with Crippen LogP contribution in [0.25, 0.3) is 0 Å². The molecule has 0 bridgehead atoms. The van der Waals surface area contributed by atoms with Crippen molar-refractivity contribution >= 4 is 29.4 Å². The standard InChI is InChI=1S/C30H38N3O9PS/c1-22(2)41-43(36,42-23(3)4)30(35)31-19-25(33-29(34)39-21-24-11-7-5-8-12-24)20-32-44(37,38)28-17-15-27(16-18-28)40-26-13-9-6-10-14-26/h5-18,22-23,25,32H,19-21H2,1-4H3,(H,31,35)(H,33,34)/t25-/m1/s1. The Bertz CT molecular complexity index is 1490. The maximum Gasteiger partial charge on any atom is 0.418 e. The Morgan fingerprint density at radius 3 is 1.89 bits per heavy atom. The summed E-state index contributed by atoms with van der Waals surface area (Å²) in [5.74, 6) is 1.04. The largest absolute Gasteiger partial charge is 0.457 e. The third kappa shape index (κ3) is 11.4. The maximum absolute atomic E-state index is 13.2. The molecule has 0 aliphatic carbocycles. The van der Waals surface area contributed by atoms with Gasteiger partial charge in [-0.3, -0.25) is 13.8 Å². The number of nitrogens with one attached hydrogen (secondary N) is 3. The fraction of sp³-hybridized carbons (Fsp3) is 0.333. The van der Waals surface area contributed by atoms with Crippen molar-refractivity contribution in [2.45, 2.75) is 57.4 Å². The summed E-state index contributed by atoms with van der Waals surface area (Å²) in [6.45, 7) is 5.72. The Hall–Kier alpha value is -3.74. The van der Waals surface area contributed by atoms with Gasteiger partial charge in [-0.05, 0) is 69.7 Å². The second kappa shape index (κ2) is 16.4. The summed E-state index contributed by atoms with van der Waals surface area (Å²) in [6, 6.07) is 22.7. The molecule has 14 heteroatoms. The predicted octanol–water partition coefficient (Wildman–Crippen LogP) is 5.80. The van der Waals surface area contributed by atoms with Crippen LogP contribution < -0.4 is 20.1 Å². The molecule has 0 unspecified atom stereocenters. The number of para-hydroxylation sites is 1. The highest BCUT2D eigenvalue weighted by molar-refractivity contribution is 7.89. The topological polar surface area (TPSA) is 158 Å². The number of hydrogen-bond acceptors (Lipinski definition) is 9. The summed E-state index contributed by atoms with van der Waals surface area (Å²) in [6.07, 6.45) is -2.01. The summed E-state index contributed by atoms with van der Waals surface area (Å²) in [5.41, 5.74) is -0.285. The minimum absolute atomic E-state index is 0.0332. The van der Waals surface area contributed by atoms with Gasteiger partial charge in [0, 0.05) is 13.1 Å². The molecule has 12 nitrogen and oxygen atoms in total. The number of rotatable bonds is 16. The van der Waals surface area contributed by atoms with Crippen LogP contribution in [-0.2, 0) is 35.0 Å². The normalized spacial score (nSPS) is 12.5. The van der Waals surface area contributed by atoms with E-state index < -0.39 is 47.6 Å². The number of benzene rings is 3. The lowest BCUT2D eigenvalue weighted by Crippen LogP contribution is -2.50. The van der Waals surface area contributed by atoms with Gasteiger partial charge in [0.05, 0.1) is 23.1 Å². The molecule has 0 heterocycles. The van der Waals surface area contributed by atoms with Gasteiger partial charge < -0.3 is 20.1 Å². The summed E-state index contributed by atoms with van der Waals surface area (Å²) >= 11 is 0. The van der Waals surface area contributed by atoms with Crippen molar-refractivity contribution in [3.63, 3.8) is 0 Å². The Morgan fingerprint density at radius 1 is 0.773 bits per heavy atom. The predicted molar refractivity (Wildman–Crippen MR) is 165 cm³/mol. The van der Waals surface area contributed by atoms with Gasteiger partial charge in [0.15, 0.2) is 0 Å². The van der Waals surface area contributed by atoms with E-state index in [9.17, 15) is 22.6 Å². The van der Waals surface area contributed by atoms with E-state index in [1.807, 2.05) is 24.3 Å². The molecule has 0 saturated heterocycles. The number of ether oxygens (including phenoxy) is 2. The van der Waals surface area contributed by atoms with Crippen LogP contribution in [-0.4, -0.2) is 51.5 Å². The number of amides is 2. The molecular formula is C30H38N3O9PS. The Morgan fingerprint density at radius 2 is 1.32 bits per heavy atom. The van der Waals surface area contributed by atoms with Gasteiger partial charge in [-0.15, -0.1) is 0 Å². The molecule has 3 N–H and O–H groups in total. The van der Waals surface area contributed by atoms with Crippen molar-refractivity contribution in [3.05, 3.63) is 90.5 Å². The van der Waals surface area contributed by atoms with Gasteiger partial charge in [-0.25, -0.2) is 22.5 Å². The van der Waals surface area contributed by atoms with Gasteiger partial charge >= 0.3 is 19.3 Å². The lowest BCUT2D eigenvalue weighted by molar-refractivity contribution is 0.135. The summed E-state index contributed by atoms with van der Waals surface area (Å²) < 4.78 is 63.4. The molecule has 3 aromatic carbocycles.